The highest BCUT2D eigenvalue weighted by Crippen LogP contribution is 2.29. The number of esters is 1. The highest BCUT2D eigenvalue weighted by molar-refractivity contribution is 5.83. The molecule has 0 fully saturated rings. The SMILES string of the molecule is C[C@@H](NC(=O)COC(=O)COc1ccc2c3c(c(=O)oc2c1)CCC3)c1ccccc1. The van der Waals surface area contributed by atoms with Crippen LogP contribution in [0.5, 0.6) is 5.75 Å². The molecule has 7 heteroatoms. The third-order valence-electron chi connectivity index (χ3n) is 5.34. The predicted octanol–water partition coefficient (Wildman–Crippen LogP) is 3.08. The molecule has 1 aromatic heterocycles. The van der Waals surface area contributed by atoms with E-state index in [1.165, 1.54) is 0 Å². The molecule has 0 radical (unpaired) electrons. The molecule has 0 unspecified atom stereocenters. The molecule has 4 rings (SSSR count). The second-order valence-electron chi connectivity index (χ2n) is 7.51. The van der Waals surface area contributed by atoms with Gasteiger partial charge < -0.3 is 19.2 Å². The van der Waals surface area contributed by atoms with Gasteiger partial charge in [0.15, 0.2) is 13.2 Å². The molecule has 160 valence electrons. The predicted molar refractivity (Wildman–Crippen MR) is 114 cm³/mol. The standard InChI is InChI=1S/C24H23NO6/c1-15(16-6-3-2-4-7-16)25-22(26)13-30-23(27)14-29-17-10-11-19-18-8-5-9-20(18)24(28)31-21(19)12-17/h2-4,6-7,10-12,15H,5,8-9,13-14H2,1H3,(H,25,26)/t15-/m1/s1. The highest BCUT2D eigenvalue weighted by atomic mass is 16.6. The number of carbonyl (C=O) groups excluding carboxylic acids is 2. The molecule has 1 aliphatic rings. The van der Waals surface area contributed by atoms with Crippen molar-refractivity contribution in [3.05, 3.63) is 75.6 Å². The van der Waals surface area contributed by atoms with Crippen molar-refractivity contribution in [1.82, 2.24) is 5.32 Å². The molecule has 31 heavy (non-hydrogen) atoms. The lowest BCUT2D eigenvalue weighted by molar-refractivity contribution is -0.150. The van der Waals surface area contributed by atoms with Crippen LogP contribution in [-0.4, -0.2) is 25.1 Å². The Kier molecular flexibility index (Phi) is 6.02. The first-order chi connectivity index (χ1) is 15.0. The molecule has 2 aromatic carbocycles. The third kappa shape index (κ3) is 4.77. The molecular weight excluding hydrogens is 398 g/mol. The van der Waals surface area contributed by atoms with E-state index in [-0.39, 0.29) is 18.3 Å². The molecule has 0 bridgehead atoms. The number of nitrogens with one attached hydrogen (secondary N) is 1. The quantitative estimate of drug-likeness (QED) is 0.465. The number of benzene rings is 2. The first kappa shape index (κ1) is 20.7. The van der Waals surface area contributed by atoms with Crippen molar-refractivity contribution in [3.8, 4) is 5.75 Å². The Labute approximate surface area is 179 Å². The maximum absolute atomic E-state index is 12.1. The average molecular weight is 421 g/mol. The minimum Gasteiger partial charge on any atom is -0.482 e. The van der Waals surface area contributed by atoms with Gasteiger partial charge in [0.05, 0.1) is 6.04 Å². The summed E-state index contributed by atoms with van der Waals surface area (Å²) in [5, 5.41) is 3.67. The fourth-order valence-corrected chi connectivity index (χ4v) is 3.79. The van der Waals surface area contributed by atoms with Gasteiger partial charge in [-0.05, 0) is 49.4 Å². The van der Waals surface area contributed by atoms with Crippen molar-refractivity contribution in [3.63, 3.8) is 0 Å². The number of amides is 1. The summed E-state index contributed by atoms with van der Waals surface area (Å²) in [5.41, 5.74) is 2.87. The van der Waals surface area contributed by atoms with Crippen molar-refractivity contribution < 1.29 is 23.5 Å². The van der Waals surface area contributed by atoms with E-state index in [1.54, 1.807) is 12.1 Å². The first-order valence-corrected chi connectivity index (χ1v) is 10.2. The number of aryl methyl sites for hydroxylation is 1. The molecule has 1 aliphatic carbocycles. The molecule has 1 atom stereocenters. The Morgan fingerprint density at radius 2 is 1.84 bits per heavy atom. The van der Waals surface area contributed by atoms with E-state index in [9.17, 15) is 14.4 Å². The molecule has 1 heterocycles. The maximum Gasteiger partial charge on any atom is 0.344 e. The summed E-state index contributed by atoms with van der Waals surface area (Å²) in [5.74, 6) is -0.684. The third-order valence-corrected chi connectivity index (χ3v) is 5.34. The van der Waals surface area contributed by atoms with E-state index in [0.29, 0.717) is 11.3 Å². The van der Waals surface area contributed by atoms with Gasteiger partial charge >= 0.3 is 11.6 Å². The van der Waals surface area contributed by atoms with E-state index in [4.69, 9.17) is 13.9 Å². The summed E-state index contributed by atoms with van der Waals surface area (Å²) in [6.45, 7) is 1.10. The Balaban J connectivity index is 1.29. The van der Waals surface area contributed by atoms with Crippen molar-refractivity contribution in [2.24, 2.45) is 0 Å². The van der Waals surface area contributed by atoms with Gasteiger partial charge in [-0.15, -0.1) is 0 Å². The van der Waals surface area contributed by atoms with Crippen LogP contribution in [0.25, 0.3) is 11.0 Å². The molecule has 7 nitrogen and oxygen atoms in total. The van der Waals surface area contributed by atoms with Crippen molar-refractivity contribution in [2.45, 2.75) is 32.2 Å². The molecule has 1 N–H and O–H groups in total. The number of fused-ring (bicyclic) bond motifs is 3. The van der Waals surface area contributed by atoms with Crippen LogP contribution in [0.1, 0.15) is 36.1 Å². The molecule has 0 aliphatic heterocycles. The van der Waals surface area contributed by atoms with Crippen molar-refractivity contribution in [1.29, 1.82) is 0 Å². The van der Waals surface area contributed by atoms with Gasteiger partial charge in [-0.25, -0.2) is 9.59 Å². The minimum absolute atomic E-state index is 0.197. The van der Waals surface area contributed by atoms with Gasteiger partial charge in [0.1, 0.15) is 11.3 Å². The Morgan fingerprint density at radius 3 is 2.65 bits per heavy atom. The monoisotopic (exact) mass is 421 g/mol. The van der Waals surface area contributed by atoms with Crippen LogP contribution in [0.15, 0.2) is 57.7 Å². The van der Waals surface area contributed by atoms with Gasteiger partial charge in [0.2, 0.25) is 0 Å². The summed E-state index contributed by atoms with van der Waals surface area (Å²) in [6.07, 6.45) is 2.55. The van der Waals surface area contributed by atoms with Crippen LogP contribution in [0.4, 0.5) is 0 Å². The summed E-state index contributed by atoms with van der Waals surface area (Å²) in [7, 11) is 0. The summed E-state index contributed by atoms with van der Waals surface area (Å²) in [6, 6.07) is 14.4. The van der Waals surface area contributed by atoms with E-state index in [2.05, 4.69) is 5.32 Å². The molecule has 0 saturated carbocycles. The van der Waals surface area contributed by atoms with E-state index >= 15 is 0 Å². The van der Waals surface area contributed by atoms with Gasteiger partial charge in [-0.1, -0.05) is 30.3 Å². The molecular formula is C24H23NO6. The van der Waals surface area contributed by atoms with Crippen LogP contribution in [0.3, 0.4) is 0 Å². The topological polar surface area (TPSA) is 94.8 Å². The summed E-state index contributed by atoms with van der Waals surface area (Å²) < 4.78 is 15.8. The van der Waals surface area contributed by atoms with E-state index in [0.717, 1.165) is 41.3 Å². The molecule has 0 spiro atoms. The largest absolute Gasteiger partial charge is 0.482 e. The fourth-order valence-electron chi connectivity index (χ4n) is 3.79. The lowest BCUT2D eigenvalue weighted by Gasteiger charge is -2.14. The molecule has 1 amide bonds. The van der Waals surface area contributed by atoms with E-state index < -0.39 is 18.5 Å². The Bertz CT molecular complexity index is 1170. The van der Waals surface area contributed by atoms with Crippen LogP contribution >= 0.6 is 0 Å². The minimum atomic E-state index is -0.669. The maximum atomic E-state index is 12.1. The summed E-state index contributed by atoms with van der Waals surface area (Å²) in [4.78, 5) is 36.1. The molecule has 0 saturated heterocycles. The lowest BCUT2D eigenvalue weighted by atomic mass is 10.1. The zero-order chi connectivity index (χ0) is 21.8. The smallest absolute Gasteiger partial charge is 0.344 e. The van der Waals surface area contributed by atoms with Crippen molar-refractivity contribution >= 4 is 22.8 Å². The summed E-state index contributed by atoms with van der Waals surface area (Å²) >= 11 is 0. The van der Waals surface area contributed by atoms with E-state index in [1.807, 2.05) is 43.3 Å². The molecule has 3 aromatic rings. The zero-order valence-electron chi connectivity index (χ0n) is 17.2. The number of hydrogen-bond acceptors (Lipinski definition) is 6. The van der Waals surface area contributed by atoms with Gasteiger partial charge in [-0.2, -0.15) is 0 Å². The fraction of sp³-hybridized carbons (Fsp3) is 0.292. The lowest BCUT2D eigenvalue weighted by Crippen LogP contribution is -2.31. The van der Waals surface area contributed by atoms with Crippen LogP contribution < -0.4 is 15.7 Å². The Hall–Kier alpha value is -3.61. The second-order valence-corrected chi connectivity index (χ2v) is 7.51. The Morgan fingerprint density at radius 1 is 1.06 bits per heavy atom. The second kappa shape index (κ2) is 9.04. The van der Waals surface area contributed by atoms with Gasteiger partial charge in [0.25, 0.3) is 5.91 Å². The van der Waals surface area contributed by atoms with Gasteiger partial charge in [-0.3, -0.25) is 4.79 Å². The first-order valence-electron chi connectivity index (χ1n) is 10.2. The van der Waals surface area contributed by atoms with Crippen molar-refractivity contribution in [2.75, 3.05) is 13.2 Å². The number of carbonyl (C=O) groups is 2. The van der Waals surface area contributed by atoms with Crippen LogP contribution in [0.2, 0.25) is 0 Å². The van der Waals surface area contributed by atoms with Gasteiger partial charge in [0, 0.05) is 17.0 Å². The van der Waals surface area contributed by atoms with Crippen LogP contribution in [-0.2, 0) is 27.2 Å². The number of rotatable bonds is 7. The highest BCUT2D eigenvalue weighted by Gasteiger charge is 2.20. The van der Waals surface area contributed by atoms with Crippen LogP contribution in [0, 0.1) is 0 Å². The number of ether oxygens (including phenoxy) is 2. The average Bonchev–Trinajstić information content (AvgIpc) is 3.27. The number of hydrogen-bond donors (Lipinski definition) is 1. The normalized spacial score (nSPS) is 13.5. The zero-order valence-corrected chi connectivity index (χ0v) is 17.2.